The van der Waals surface area contributed by atoms with E-state index in [0.717, 1.165) is 0 Å². The molecule has 9 nitrogen and oxygen atoms in total. The Morgan fingerprint density at radius 3 is 2.67 bits per heavy atom. The van der Waals surface area contributed by atoms with Crippen LogP contribution in [0.2, 0.25) is 0 Å². The molecule has 158 valence electrons. The number of sulfonamides is 1. The van der Waals surface area contributed by atoms with Gasteiger partial charge in [0.05, 0.1) is 36.9 Å². The number of anilines is 1. The molecule has 0 saturated carbocycles. The molecule has 1 saturated heterocycles. The minimum Gasteiger partial charge on any atom is -0.493 e. The van der Waals surface area contributed by atoms with Gasteiger partial charge in [0.15, 0.2) is 18.1 Å². The molecule has 30 heavy (non-hydrogen) atoms. The fourth-order valence-corrected chi connectivity index (χ4v) is 4.32. The van der Waals surface area contributed by atoms with Gasteiger partial charge in [0.1, 0.15) is 0 Å². The largest absolute Gasteiger partial charge is 0.493 e. The second kappa shape index (κ2) is 9.58. The van der Waals surface area contributed by atoms with E-state index in [1.165, 1.54) is 29.6 Å². The molecule has 1 aliphatic heterocycles. The maximum Gasteiger partial charge on any atom is 0.262 e. The van der Waals surface area contributed by atoms with E-state index in [4.69, 9.17) is 19.5 Å². The number of benzene rings is 2. The van der Waals surface area contributed by atoms with Crippen molar-refractivity contribution in [1.29, 1.82) is 5.26 Å². The normalized spacial score (nSPS) is 14.5. The fourth-order valence-electron chi connectivity index (χ4n) is 2.87. The number of carbonyl (C=O) groups excluding carboxylic acids is 1. The van der Waals surface area contributed by atoms with Crippen molar-refractivity contribution in [2.75, 3.05) is 45.3 Å². The average Bonchev–Trinajstić information content (AvgIpc) is 2.78. The van der Waals surface area contributed by atoms with Gasteiger partial charge in [0.2, 0.25) is 10.0 Å². The maximum atomic E-state index is 12.8. The van der Waals surface area contributed by atoms with Gasteiger partial charge in [0.25, 0.3) is 5.91 Å². The predicted octanol–water partition coefficient (Wildman–Crippen LogP) is 1.61. The first-order valence-electron chi connectivity index (χ1n) is 9.13. The molecule has 3 rings (SSSR count). The number of ether oxygens (including phenoxy) is 3. The lowest BCUT2D eigenvalue weighted by Crippen LogP contribution is -2.40. The minimum atomic E-state index is -3.66. The van der Waals surface area contributed by atoms with Gasteiger partial charge in [-0.3, -0.25) is 4.79 Å². The van der Waals surface area contributed by atoms with E-state index in [2.05, 4.69) is 5.32 Å². The van der Waals surface area contributed by atoms with Gasteiger partial charge < -0.3 is 19.5 Å². The molecule has 2 aromatic carbocycles. The fraction of sp³-hybridized carbons (Fsp3) is 0.300. The van der Waals surface area contributed by atoms with Crippen molar-refractivity contribution in [3.63, 3.8) is 0 Å². The number of carbonyl (C=O) groups is 1. The van der Waals surface area contributed by atoms with E-state index in [1.54, 1.807) is 24.3 Å². The summed E-state index contributed by atoms with van der Waals surface area (Å²) in [6.07, 6.45) is 0. The summed E-state index contributed by atoms with van der Waals surface area (Å²) in [6.45, 7) is 0.971. The predicted molar refractivity (Wildman–Crippen MR) is 108 cm³/mol. The molecule has 1 fully saturated rings. The number of morpholine rings is 1. The number of nitrogens with one attached hydrogen (secondary N) is 1. The van der Waals surface area contributed by atoms with Gasteiger partial charge in [0, 0.05) is 24.8 Å². The molecule has 1 aliphatic rings. The van der Waals surface area contributed by atoms with Crippen LogP contribution in [0.15, 0.2) is 47.4 Å². The average molecular weight is 431 g/mol. The minimum absolute atomic E-state index is 0.0943. The van der Waals surface area contributed by atoms with Crippen LogP contribution >= 0.6 is 0 Å². The Hall–Kier alpha value is -3.13. The number of amides is 1. The van der Waals surface area contributed by atoms with Gasteiger partial charge in [-0.1, -0.05) is 6.07 Å². The highest BCUT2D eigenvalue weighted by Crippen LogP contribution is 2.28. The second-order valence-electron chi connectivity index (χ2n) is 6.36. The summed E-state index contributed by atoms with van der Waals surface area (Å²) < 4.78 is 42.7. The Balaban J connectivity index is 1.65. The zero-order valence-electron chi connectivity index (χ0n) is 16.3. The van der Waals surface area contributed by atoms with Crippen LogP contribution in [0.5, 0.6) is 11.5 Å². The lowest BCUT2D eigenvalue weighted by Gasteiger charge is -2.26. The van der Waals surface area contributed by atoms with Crippen LogP contribution in [0.4, 0.5) is 5.69 Å². The Bertz CT molecular complexity index is 1060. The Kier molecular flexibility index (Phi) is 6.89. The summed E-state index contributed by atoms with van der Waals surface area (Å²) in [6, 6.07) is 12.6. The Morgan fingerprint density at radius 2 is 1.97 bits per heavy atom. The molecule has 2 aromatic rings. The molecule has 0 aromatic heterocycles. The van der Waals surface area contributed by atoms with Gasteiger partial charge in [-0.05, 0) is 30.3 Å². The smallest absolute Gasteiger partial charge is 0.262 e. The van der Waals surface area contributed by atoms with E-state index >= 15 is 0 Å². The molecule has 10 heteroatoms. The third-order valence-corrected chi connectivity index (χ3v) is 6.27. The highest BCUT2D eigenvalue weighted by molar-refractivity contribution is 7.89. The first-order valence-corrected chi connectivity index (χ1v) is 10.6. The third kappa shape index (κ3) is 5.07. The number of methoxy groups -OCH3 is 1. The van der Waals surface area contributed by atoms with Crippen molar-refractivity contribution in [1.82, 2.24) is 4.31 Å². The lowest BCUT2D eigenvalue weighted by atomic mass is 10.2. The van der Waals surface area contributed by atoms with Crippen molar-refractivity contribution >= 4 is 21.6 Å². The zero-order chi connectivity index (χ0) is 21.6. The van der Waals surface area contributed by atoms with Gasteiger partial charge in [-0.2, -0.15) is 9.57 Å². The summed E-state index contributed by atoms with van der Waals surface area (Å²) in [5, 5.41) is 11.6. The SMILES string of the molecule is COc1cc(C#N)ccc1OCC(=O)Nc1cccc(S(=O)(=O)N2CCOCC2)c1. The molecular formula is C20H21N3O6S. The molecule has 0 unspecified atom stereocenters. The number of rotatable bonds is 7. The van der Waals surface area contributed by atoms with Crippen molar-refractivity contribution in [2.45, 2.75) is 4.90 Å². The summed E-state index contributed by atoms with van der Waals surface area (Å²) >= 11 is 0. The van der Waals surface area contributed by atoms with Crippen LogP contribution in [0.25, 0.3) is 0 Å². The summed E-state index contributed by atoms with van der Waals surface area (Å²) in [5.74, 6) is 0.179. The van der Waals surface area contributed by atoms with Gasteiger partial charge >= 0.3 is 0 Å². The highest BCUT2D eigenvalue weighted by atomic mass is 32.2. The first kappa shape index (κ1) is 21.6. The molecule has 0 aliphatic carbocycles. The second-order valence-corrected chi connectivity index (χ2v) is 8.30. The van der Waals surface area contributed by atoms with E-state index in [1.807, 2.05) is 6.07 Å². The summed E-state index contributed by atoms with van der Waals surface area (Å²) in [4.78, 5) is 12.4. The molecule has 0 spiro atoms. The molecular weight excluding hydrogens is 410 g/mol. The molecule has 1 N–H and O–H groups in total. The Labute approximate surface area is 174 Å². The van der Waals surface area contributed by atoms with Crippen LogP contribution in [-0.4, -0.2) is 58.7 Å². The van der Waals surface area contributed by atoms with Crippen LogP contribution in [0.1, 0.15) is 5.56 Å². The van der Waals surface area contributed by atoms with Crippen LogP contribution in [0.3, 0.4) is 0 Å². The van der Waals surface area contributed by atoms with E-state index < -0.39 is 15.9 Å². The maximum absolute atomic E-state index is 12.8. The van der Waals surface area contributed by atoms with Crippen molar-refractivity contribution in [3.05, 3.63) is 48.0 Å². The molecule has 0 atom stereocenters. The van der Waals surface area contributed by atoms with Crippen molar-refractivity contribution in [2.24, 2.45) is 0 Å². The molecule has 1 heterocycles. The zero-order valence-corrected chi connectivity index (χ0v) is 17.1. The number of hydrogen-bond donors (Lipinski definition) is 1. The van der Waals surface area contributed by atoms with Crippen LogP contribution < -0.4 is 14.8 Å². The quantitative estimate of drug-likeness (QED) is 0.707. The topological polar surface area (TPSA) is 118 Å². The number of nitriles is 1. The van der Waals surface area contributed by atoms with E-state index in [0.29, 0.717) is 49.1 Å². The summed E-state index contributed by atoms with van der Waals surface area (Å²) in [7, 11) is -2.23. The Morgan fingerprint density at radius 1 is 1.20 bits per heavy atom. The van der Waals surface area contributed by atoms with Crippen molar-refractivity contribution < 1.29 is 27.4 Å². The number of nitrogens with zero attached hydrogens (tertiary/aromatic N) is 2. The highest BCUT2D eigenvalue weighted by Gasteiger charge is 2.26. The standard InChI is InChI=1S/C20H21N3O6S/c1-27-19-11-15(13-21)5-6-18(19)29-14-20(24)22-16-3-2-4-17(12-16)30(25,26)23-7-9-28-10-8-23/h2-6,11-12H,7-10,14H2,1H3,(H,22,24). The lowest BCUT2D eigenvalue weighted by molar-refractivity contribution is -0.118. The number of hydrogen-bond acceptors (Lipinski definition) is 7. The van der Waals surface area contributed by atoms with Gasteiger partial charge in [-0.15, -0.1) is 0 Å². The summed E-state index contributed by atoms with van der Waals surface area (Å²) in [5.41, 5.74) is 0.742. The monoisotopic (exact) mass is 431 g/mol. The van der Waals surface area contributed by atoms with E-state index in [9.17, 15) is 13.2 Å². The van der Waals surface area contributed by atoms with Crippen LogP contribution in [0, 0.1) is 11.3 Å². The van der Waals surface area contributed by atoms with E-state index in [-0.39, 0.29) is 11.5 Å². The third-order valence-electron chi connectivity index (χ3n) is 4.38. The molecule has 1 amide bonds. The van der Waals surface area contributed by atoms with Crippen molar-refractivity contribution in [3.8, 4) is 17.6 Å². The first-order chi connectivity index (χ1) is 14.4. The molecule has 0 radical (unpaired) electrons. The van der Waals surface area contributed by atoms with Crippen LogP contribution in [-0.2, 0) is 19.6 Å². The molecule has 0 bridgehead atoms. The van der Waals surface area contributed by atoms with Gasteiger partial charge in [-0.25, -0.2) is 8.42 Å².